The normalized spacial score (nSPS) is 12.9. The van der Waals surface area contributed by atoms with Crippen LogP contribution in [0, 0.1) is 0 Å². The molecule has 0 aromatic heterocycles. The van der Waals surface area contributed by atoms with Gasteiger partial charge in [-0.15, -0.1) is 0 Å². The van der Waals surface area contributed by atoms with Gasteiger partial charge in [-0.2, -0.15) is 0 Å². The van der Waals surface area contributed by atoms with Crippen LogP contribution in [0.2, 0.25) is 0 Å². The summed E-state index contributed by atoms with van der Waals surface area (Å²) in [6, 6.07) is 0. The first kappa shape index (κ1) is 7.75. The molecule has 1 N–H and O–H groups in total. The van der Waals surface area contributed by atoms with E-state index in [1.807, 2.05) is 18.2 Å². The second kappa shape index (κ2) is 6.75. The third kappa shape index (κ3) is 6.75. The number of allylic oxidation sites excluding steroid dienone is 2. The van der Waals surface area contributed by atoms with Crippen molar-refractivity contribution in [3.63, 3.8) is 0 Å². The van der Waals surface area contributed by atoms with E-state index in [4.69, 9.17) is 14.6 Å². The molecule has 9 heavy (non-hydrogen) atoms. The zero-order chi connectivity index (χ0) is 6.95. The van der Waals surface area contributed by atoms with E-state index in [0.717, 1.165) is 6.61 Å². The Kier molecular flexibility index (Phi) is 5.81. The molecule has 1 heterocycles. The molecule has 50 valence electrons. The van der Waals surface area contributed by atoms with Crippen molar-refractivity contribution in [2.45, 2.75) is 0 Å². The van der Waals surface area contributed by atoms with Crippen molar-refractivity contribution in [2.24, 2.45) is 0 Å². The van der Waals surface area contributed by atoms with Crippen LogP contribution in [0.4, 0.5) is 0 Å². The number of carbonyl (C=O) groups is 1. The summed E-state index contributed by atoms with van der Waals surface area (Å²) >= 11 is 0. The van der Waals surface area contributed by atoms with Crippen molar-refractivity contribution in [1.29, 1.82) is 0 Å². The molecule has 0 radical (unpaired) electrons. The lowest BCUT2D eigenvalue weighted by Gasteiger charge is -1.94. The quantitative estimate of drug-likeness (QED) is 0.490. The lowest BCUT2D eigenvalue weighted by molar-refractivity contribution is -0.122. The van der Waals surface area contributed by atoms with Gasteiger partial charge in [-0.1, -0.05) is 6.08 Å². The Morgan fingerprint density at radius 3 is 2.33 bits per heavy atom. The molecule has 0 unspecified atom stereocenters. The van der Waals surface area contributed by atoms with Crippen molar-refractivity contribution < 1.29 is 14.6 Å². The smallest absolute Gasteiger partial charge is 0.290 e. The second-order valence-electron chi connectivity index (χ2n) is 1.20. The Morgan fingerprint density at radius 1 is 1.56 bits per heavy atom. The van der Waals surface area contributed by atoms with E-state index in [2.05, 4.69) is 0 Å². The molecule has 0 bridgehead atoms. The molecule has 0 saturated heterocycles. The highest BCUT2D eigenvalue weighted by Gasteiger charge is 1.75. The highest BCUT2D eigenvalue weighted by Crippen LogP contribution is 1.87. The number of carboxylic acid groups (broad SMARTS) is 1. The van der Waals surface area contributed by atoms with E-state index in [1.165, 1.54) is 0 Å². The predicted molar refractivity (Wildman–Crippen MR) is 32.9 cm³/mol. The molecule has 3 heteroatoms. The fourth-order valence-electron chi connectivity index (χ4n) is 0.346. The van der Waals surface area contributed by atoms with Crippen LogP contribution < -0.4 is 0 Å². The number of hydrogen-bond acceptors (Lipinski definition) is 2. The molecule has 0 spiro atoms. The summed E-state index contributed by atoms with van der Waals surface area (Å²) in [6.07, 6.45) is 7.47. The lowest BCUT2D eigenvalue weighted by Crippen LogP contribution is -1.82. The third-order valence-electron chi connectivity index (χ3n) is 0.614. The molecule has 0 aliphatic carbocycles. The van der Waals surface area contributed by atoms with Gasteiger partial charge < -0.3 is 9.84 Å². The summed E-state index contributed by atoms with van der Waals surface area (Å²) < 4.78 is 4.80. The summed E-state index contributed by atoms with van der Waals surface area (Å²) in [5.74, 6) is 0. The summed E-state index contributed by atoms with van der Waals surface area (Å²) in [5, 5.41) is 6.89. The Labute approximate surface area is 53.3 Å². The van der Waals surface area contributed by atoms with E-state index in [0.29, 0.717) is 0 Å². The van der Waals surface area contributed by atoms with Crippen molar-refractivity contribution in [1.82, 2.24) is 0 Å². The predicted octanol–water partition coefficient (Wildman–Crippen LogP) is 0.787. The highest BCUT2D eigenvalue weighted by molar-refractivity contribution is 5.32. The zero-order valence-electron chi connectivity index (χ0n) is 4.86. The molecule has 0 saturated carbocycles. The minimum absolute atomic E-state index is 0.250. The van der Waals surface area contributed by atoms with Gasteiger partial charge in [0.15, 0.2) is 0 Å². The number of ether oxygens (including phenoxy) is 1. The molecule has 0 aromatic carbocycles. The van der Waals surface area contributed by atoms with Gasteiger partial charge in [0.1, 0.15) is 6.61 Å². The second-order valence-corrected chi connectivity index (χ2v) is 1.20. The molecule has 1 aliphatic heterocycles. The summed E-state index contributed by atoms with van der Waals surface area (Å²) in [6.45, 7) is 0.483. The number of rotatable bonds is 0. The average molecular weight is 128 g/mol. The maximum Gasteiger partial charge on any atom is 0.290 e. The lowest BCUT2D eigenvalue weighted by atomic mass is 10.5. The van der Waals surface area contributed by atoms with Gasteiger partial charge in [-0.3, -0.25) is 4.79 Å². The fraction of sp³-hybridized carbons (Fsp3) is 0.167. The van der Waals surface area contributed by atoms with E-state index >= 15 is 0 Å². The van der Waals surface area contributed by atoms with E-state index in [1.54, 1.807) is 6.26 Å². The Balaban J connectivity index is 0.000000187. The standard InChI is InChI=1S/C5H6O.CH2O2/c1-2-4-6-5-3-1;2-1-3/h1-4H,5H2;1H,(H,2,3). The third-order valence-corrected chi connectivity index (χ3v) is 0.614. The minimum Gasteiger partial charge on any atom is -0.497 e. The Bertz CT molecular complexity index is 103. The summed E-state index contributed by atoms with van der Waals surface area (Å²) in [4.78, 5) is 8.36. The summed E-state index contributed by atoms with van der Waals surface area (Å²) in [5.41, 5.74) is 0. The van der Waals surface area contributed by atoms with Crippen LogP contribution in [0.3, 0.4) is 0 Å². The van der Waals surface area contributed by atoms with Crippen LogP contribution in [-0.2, 0) is 9.53 Å². The van der Waals surface area contributed by atoms with Crippen LogP contribution in [-0.4, -0.2) is 18.2 Å². The highest BCUT2D eigenvalue weighted by atomic mass is 16.5. The fourth-order valence-corrected chi connectivity index (χ4v) is 0.346. The SMILES string of the molecule is C1=CCOC=C1.O=CO. The first-order valence-corrected chi connectivity index (χ1v) is 2.43. The van der Waals surface area contributed by atoms with Crippen molar-refractivity contribution in [3.05, 3.63) is 24.5 Å². The molecule has 3 nitrogen and oxygen atoms in total. The molecule has 0 fully saturated rings. The first-order chi connectivity index (χ1) is 4.41. The molecular formula is C6H8O3. The number of hydrogen-bond donors (Lipinski definition) is 1. The van der Waals surface area contributed by atoms with Gasteiger partial charge in [0.05, 0.1) is 6.26 Å². The van der Waals surface area contributed by atoms with E-state index in [9.17, 15) is 0 Å². The zero-order valence-corrected chi connectivity index (χ0v) is 4.86. The molecule has 0 aromatic rings. The Morgan fingerprint density at radius 2 is 2.22 bits per heavy atom. The van der Waals surface area contributed by atoms with Gasteiger partial charge in [-0.05, 0) is 12.2 Å². The van der Waals surface area contributed by atoms with Gasteiger partial charge in [0.25, 0.3) is 6.47 Å². The maximum absolute atomic E-state index is 8.36. The average Bonchev–Trinajstić information content (AvgIpc) is 1.93. The van der Waals surface area contributed by atoms with Gasteiger partial charge >= 0.3 is 0 Å². The minimum atomic E-state index is -0.250. The van der Waals surface area contributed by atoms with Crippen molar-refractivity contribution >= 4 is 6.47 Å². The van der Waals surface area contributed by atoms with Crippen LogP contribution in [0.1, 0.15) is 0 Å². The monoisotopic (exact) mass is 128 g/mol. The summed E-state index contributed by atoms with van der Waals surface area (Å²) in [7, 11) is 0. The first-order valence-electron chi connectivity index (χ1n) is 2.43. The van der Waals surface area contributed by atoms with Gasteiger partial charge in [0.2, 0.25) is 0 Å². The van der Waals surface area contributed by atoms with Crippen LogP contribution >= 0.6 is 0 Å². The molecule has 1 rings (SSSR count). The largest absolute Gasteiger partial charge is 0.497 e. The molecule has 0 amide bonds. The maximum atomic E-state index is 8.36. The van der Waals surface area contributed by atoms with Crippen LogP contribution in [0.25, 0.3) is 0 Å². The van der Waals surface area contributed by atoms with Gasteiger partial charge in [-0.25, -0.2) is 0 Å². The molecule has 1 aliphatic rings. The van der Waals surface area contributed by atoms with Crippen LogP contribution in [0.15, 0.2) is 24.5 Å². The van der Waals surface area contributed by atoms with Gasteiger partial charge in [0, 0.05) is 0 Å². The Hall–Kier alpha value is -1.25. The topological polar surface area (TPSA) is 46.5 Å². The van der Waals surface area contributed by atoms with Crippen LogP contribution in [0.5, 0.6) is 0 Å². The molecule has 0 atom stereocenters. The van der Waals surface area contributed by atoms with Crippen molar-refractivity contribution in [2.75, 3.05) is 6.61 Å². The molecular weight excluding hydrogens is 120 g/mol. The van der Waals surface area contributed by atoms with E-state index in [-0.39, 0.29) is 6.47 Å². The van der Waals surface area contributed by atoms with Crippen molar-refractivity contribution in [3.8, 4) is 0 Å². The van der Waals surface area contributed by atoms with E-state index < -0.39 is 0 Å².